The Balaban J connectivity index is 0.000000394. The Morgan fingerprint density at radius 3 is 1.52 bits per heavy atom. The van der Waals surface area contributed by atoms with Gasteiger partial charge in [-0.1, -0.05) is 48.6 Å². The molecule has 0 saturated heterocycles. The summed E-state index contributed by atoms with van der Waals surface area (Å²) >= 11 is 0. The topological polar surface area (TPSA) is 65.2 Å². The number of aliphatic imine (C=N–C) groups is 2. The molecule has 0 fully saturated rings. The van der Waals surface area contributed by atoms with Gasteiger partial charge >= 0.3 is 0 Å². The number of phenols is 2. The van der Waals surface area contributed by atoms with E-state index in [1.54, 1.807) is 48.8 Å². The fourth-order valence-corrected chi connectivity index (χ4v) is 2.51. The van der Waals surface area contributed by atoms with Crippen molar-refractivity contribution in [2.24, 2.45) is 9.98 Å². The second-order valence-corrected chi connectivity index (χ2v) is 6.33. The first-order chi connectivity index (χ1) is 13.8. The molecule has 2 N–H and O–H groups in total. The number of hydrogen-bond donors (Lipinski definition) is 2. The summed E-state index contributed by atoms with van der Waals surface area (Å²) in [5.41, 5.74) is 1.38. The molecular weight excluding hydrogens is 451 g/mol. The number of hydrogen-bond acceptors (Lipinski definition) is 4. The molecule has 0 unspecified atom stereocenters. The summed E-state index contributed by atoms with van der Waals surface area (Å²) < 4.78 is 0. The van der Waals surface area contributed by atoms with E-state index >= 15 is 0 Å². The zero-order valence-corrected chi connectivity index (χ0v) is 18.1. The van der Waals surface area contributed by atoms with E-state index in [1.807, 2.05) is 12.1 Å². The molecule has 29 heavy (non-hydrogen) atoms. The number of aromatic hydroxyl groups is 2. The maximum atomic E-state index is 9.54. The van der Waals surface area contributed by atoms with Crippen molar-refractivity contribution >= 4 is 12.4 Å². The number of phenolic OH excluding ortho intramolecular Hbond substituents is 2. The first-order valence-electron chi connectivity index (χ1n) is 9.64. The van der Waals surface area contributed by atoms with Crippen LogP contribution in [0.3, 0.4) is 0 Å². The number of rotatable bonds is 5. The van der Waals surface area contributed by atoms with Gasteiger partial charge in [-0.2, -0.15) is 0 Å². The van der Waals surface area contributed by atoms with Crippen molar-refractivity contribution in [1.82, 2.24) is 0 Å². The van der Waals surface area contributed by atoms with Crippen molar-refractivity contribution in [2.45, 2.75) is 25.7 Å². The minimum Gasteiger partial charge on any atom is -0.507 e. The van der Waals surface area contributed by atoms with Crippen LogP contribution in [0.2, 0.25) is 0 Å². The Bertz CT molecular complexity index is 760. The largest absolute Gasteiger partial charge is 0.507 e. The molecule has 4 nitrogen and oxygen atoms in total. The van der Waals surface area contributed by atoms with Gasteiger partial charge in [0.2, 0.25) is 0 Å². The van der Waals surface area contributed by atoms with E-state index in [9.17, 15) is 10.2 Å². The molecule has 0 bridgehead atoms. The first kappa shape index (κ1) is 24.5. The van der Waals surface area contributed by atoms with E-state index < -0.39 is 0 Å². The van der Waals surface area contributed by atoms with Gasteiger partial charge in [0.05, 0.1) is 13.1 Å². The summed E-state index contributed by atoms with van der Waals surface area (Å²) in [4.78, 5) is 8.39. The molecule has 0 saturated carbocycles. The van der Waals surface area contributed by atoms with Gasteiger partial charge in [-0.15, -0.1) is 0 Å². The normalized spacial score (nSPS) is 13.4. The minimum atomic E-state index is 0. The van der Waals surface area contributed by atoms with E-state index in [-0.39, 0.29) is 31.0 Å². The fourth-order valence-electron chi connectivity index (χ4n) is 2.51. The van der Waals surface area contributed by atoms with Gasteiger partial charge in [0, 0.05) is 43.0 Å². The summed E-state index contributed by atoms with van der Waals surface area (Å²) in [5.74, 6) is 0.433. The van der Waals surface area contributed by atoms with Crippen LogP contribution in [-0.2, 0) is 19.5 Å². The molecule has 0 heterocycles. The van der Waals surface area contributed by atoms with Gasteiger partial charge in [0.1, 0.15) is 11.5 Å². The average Bonchev–Trinajstić information content (AvgIpc) is 2.67. The van der Waals surface area contributed by atoms with Crippen LogP contribution in [0, 0.1) is 0 Å². The number of benzene rings is 2. The second-order valence-electron chi connectivity index (χ2n) is 6.33. The van der Waals surface area contributed by atoms with Crippen molar-refractivity contribution in [3.8, 4) is 11.5 Å². The van der Waals surface area contributed by atoms with Crippen LogP contribution in [0.15, 0.2) is 82.8 Å². The smallest absolute Gasteiger partial charge is 0.124 e. The molecule has 1 aliphatic rings. The van der Waals surface area contributed by atoms with E-state index in [2.05, 4.69) is 34.3 Å². The van der Waals surface area contributed by atoms with Crippen LogP contribution >= 0.6 is 0 Å². The summed E-state index contributed by atoms with van der Waals surface area (Å²) in [7, 11) is 0. The standard InChI is InChI=1S/C16H16N2O2.C8H12.Rh/c19-15-7-3-1-5-13(15)11-17-9-10-18-12-14-6-2-4-8-16(14)20;1-2-4-6-8-7-5-3-1;/h1-8,11-12,19-20H,9-10H2;1-4H,5-8H2;. The van der Waals surface area contributed by atoms with Gasteiger partial charge in [-0.3, -0.25) is 9.98 Å². The molecule has 2 aromatic rings. The van der Waals surface area contributed by atoms with Gasteiger partial charge in [-0.05, 0) is 49.9 Å². The molecule has 5 heteroatoms. The monoisotopic (exact) mass is 479 g/mol. The predicted molar refractivity (Wildman–Crippen MR) is 118 cm³/mol. The predicted octanol–water partition coefficient (Wildman–Crippen LogP) is 5.31. The van der Waals surface area contributed by atoms with Gasteiger partial charge < -0.3 is 10.2 Å². The first-order valence-corrected chi connectivity index (χ1v) is 9.64. The summed E-state index contributed by atoms with van der Waals surface area (Å²) in [6.45, 7) is 1.05. The molecule has 0 spiro atoms. The van der Waals surface area contributed by atoms with E-state index in [4.69, 9.17) is 0 Å². The molecule has 3 rings (SSSR count). The number of allylic oxidation sites excluding steroid dienone is 4. The molecule has 2 aromatic carbocycles. The quantitative estimate of drug-likeness (QED) is 0.347. The average molecular weight is 479 g/mol. The third-order valence-corrected chi connectivity index (χ3v) is 4.07. The third-order valence-electron chi connectivity index (χ3n) is 4.07. The Kier molecular flexibility index (Phi) is 13.0. The van der Waals surface area contributed by atoms with Gasteiger partial charge in [-0.25, -0.2) is 0 Å². The maximum absolute atomic E-state index is 9.54. The summed E-state index contributed by atoms with van der Waals surface area (Å²) in [6, 6.07) is 14.1. The van der Waals surface area contributed by atoms with Gasteiger partial charge in [0.15, 0.2) is 0 Å². The van der Waals surface area contributed by atoms with Crippen molar-refractivity contribution in [3.05, 3.63) is 84.0 Å². The maximum Gasteiger partial charge on any atom is 0.124 e. The zero-order chi connectivity index (χ0) is 19.9. The molecule has 1 radical (unpaired) electrons. The molecule has 0 amide bonds. The van der Waals surface area contributed by atoms with E-state index in [0.29, 0.717) is 24.2 Å². The Morgan fingerprint density at radius 2 is 1.10 bits per heavy atom. The van der Waals surface area contributed by atoms with Gasteiger partial charge in [0.25, 0.3) is 0 Å². The van der Waals surface area contributed by atoms with Crippen molar-refractivity contribution in [2.75, 3.05) is 13.1 Å². The Morgan fingerprint density at radius 1 is 0.690 bits per heavy atom. The van der Waals surface area contributed by atoms with Crippen LogP contribution in [0.25, 0.3) is 0 Å². The van der Waals surface area contributed by atoms with Crippen LogP contribution in [0.5, 0.6) is 11.5 Å². The molecule has 1 aliphatic carbocycles. The van der Waals surface area contributed by atoms with Crippen LogP contribution in [-0.4, -0.2) is 35.7 Å². The molecule has 0 aromatic heterocycles. The fraction of sp³-hybridized carbons (Fsp3) is 0.250. The summed E-state index contributed by atoms with van der Waals surface area (Å²) in [6.07, 6.45) is 17.3. The Labute approximate surface area is 186 Å². The van der Waals surface area contributed by atoms with E-state index in [0.717, 1.165) is 0 Å². The summed E-state index contributed by atoms with van der Waals surface area (Å²) in [5, 5.41) is 19.1. The number of nitrogens with zero attached hydrogens (tertiary/aromatic N) is 2. The Hall–Kier alpha value is -2.52. The molecule has 0 atom stereocenters. The molecule has 155 valence electrons. The minimum absolute atomic E-state index is 0. The van der Waals surface area contributed by atoms with Crippen molar-refractivity contribution in [1.29, 1.82) is 0 Å². The molecular formula is C24H28N2O2Rh. The molecule has 0 aliphatic heterocycles. The third kappa shape index (κ3) is 10.6. The number of para-hydroxylation sites is 2. The van der Waals surface area contributed by atoms with Crippen LogP contribution in [0.4, 0.5) is 0 Å². The van der Waals surface area contributed by atoms with Crippen LogP contribution < -0.4 is 0 Å². The van der Waals surface area contributed by atoms with Crippen LogP contribution in [0.1, 0.15) is 36.8 Å². The zero-order valence-electron chi connectivity index (χ0n) is 16.4. The van der Waals surface area contributed by atoms with Crippen molar-refractivity contribution < 1.29 is 29.7 Å². The second kappa shape index (κ2) is 15.4. The SMILES string of the molecule is C1=CCCCCC=C1.Oc1ccccc1C=NCCN=Cc1ccccc1O.[Rh]. The van der Waals surface area contributed by atoms with E-state index in [1.165, 1.54) is 25.7 Å². The van der Waals surface area contributed by atoms with Crippen molar-refractivity contribution in [3.63, 3.8) is 0 Å².